The van der Waals surface area contributed by atoms with E-state index in [1.165, 1.54) is 4.90 Å². The molecule has 0 spiro atoms. The number of imide groups is 1. The second kappa shape index (κ2) is 8.50. The highest BCUT2D eigenvalue weighted by atomic mass is 16.7. The quantitative estimate of drug-likeness (QED) is 0.529. The minimum absolute atomic E-state index is 0.292. The number of nitrogens with zero attached hydrogens (tertiary/aromatic N) is 2. The van der Waals surface area contributed by atoms with Gasteiger partial charge in [-0.05, 0) is 55.3 Å². The van der Waals surface area contributed by atoms with Crippen molar-refractivity contribution in [3.05, 3.63) is 83.4 Å². The molecule has 3 aromatic rings. The zero-order chi connectivity index (χ0) is 24.0. The van der Waals surface area contributed by atoms with Crippen molar-refractivity contribution in [2.45, 2.75) is 26.0 Å². The van der Waals surface area contributed by atoms with Crippen molar-refractivity contribution in [2.24, 2.45) is 5.92 Å². The summed E-state index contributed by atoms with van der Waals surface area (Å²) in [5, 5.41) is 1.69. The van der Waals surface area contributed by atoms with E-state index in [0.717, 1.165) is 22.4 Å². The molecular weight excluding hydrogens is 432 g/mol. The van der Waals surface area contributed by atoms with Crippen LogP contribution in [0.2, 0.25) is 0 Å². The monoisotopic (exact) mass is 458 g/mol. The number of carbonyl (C=O) groups is 2. The Morgan fingerprint density at radius 3 is 2.35 bits per heavy atom. The van der Waals surface area contributed by atoms with Crippen LogP contribution in [0.3, 0.4) is 0 Å². The third-order valence-electron chi connectivity index (χ3n) is 6.49. The largest absolute Gasteiger partial charge is 0.497 e. The van der Waals surface area contributed by atoms with Crippen LogP contribution in [-0.4, -0.2) is 32.1 Å². The van der Waals surface area contributed by atoms with Crippen LogP contribution in [0.1, 0.15) is 22.7 Å². The Morgan fingerprint density at radius 2 is 1.65 bits per heavy atom. The first-order valence-corrected chi connectivity index (χ1v) is 11.1. The van der Waals surface area contributed by atoms with Crippen molar-refractivity contribution in [2.75, 3.05) is 24.2 Å². The molecule has 0 radical (unpaired) electrons. The van der Waals surface area contributed by atoms with E-state index >= 15 is 0 Å². The van der Waals surface area contributed by atoms with Gasteiger partial charge in [-0.3, -0.25) is 14.4 Å². The van der Waals surface area contributed by atoms with Gasteiger partial charge in [0.1, 0.15) is 17.4 Å². The summed E-state index contributed by atoms with van der Waals surface area (Å²) in [6.07, 6.45) is -0.940. The molecule has 3 atom stereocenters. The molecule has 0 unspecified atom stereocenters. The third kappa shape index (κ3) is 3.40. The molecule has 0 bridgehead atoms. The van der Waals surface area contributed by atoms with Crippen LogP contribution in [0.15, 0.2) is 66.7 Å². The van der Waals surface area contributed by atoms with E-state index in [1.807, 2.05) is 68.4 Å². The van der Waals surface area contributed by atoms with Crippen molar-refractivity contribution in [3.63, 3.8) is 0 Å². The fraction of sp³-hybridized carbons (Fsp3) is 0.259. The van der Waals surface area contributed by atoms with Gasteiger partial charge < -0.3 is 9.47 Å². The predicted molar refractivity (Wildman–Crippen MR) is 128 cm³/mol. The Balaban J connectivity index is 1.65. The Kier molecular flexibility index (Phi) is 5.49. The molecule has 2 heterocycles. The number of para-hydroxylation sites is 1. The van der Waals surface area contributed by atoms with Crippen LogP contribution in [-0.2, 0) is 14.4 Å². The van der Waals surface area contributed by atoms with E-state index in [9.17, 15) is 9.59 Å². The van der Waals surface area contributed by atoms with Gasteiger partial charge in [0.05, 0.1) is 31.6 Å². The normalized spacial score (nSPS) is 21.7. The summed E-state index contributed by atoms with van der Waals surface area (Å²) in [4.78, 5) is 34.8. The first kappa shape index (κ1) is 22.0. The number of aryl methyl sites for hydroxylation is 2. The summed E-state index contributed by atoms with van der Waals surface area (Å²) in [5.74, 6) is -0.209. The van der Waals surface area contributed by atoms with Gasteiger partial charge in [0.2, 0.25) is 5.91 Å². The summed E-state index contributed by atoms with van der Waals surface area (Å²) in [7, 11) is 3.16. The highest BCUT2D eigenvalue weighted by Gasteiger charge is 2.60. The van der Waals surface area contributed by atoms with Crippen LogP contribution in [0.5, 0.6) is 11.5 Å². The molecule has 2 aliphatic heterocycles. The number of hydrogen-bond acceptors (Lipinski definition) is 6. The lowest BCUT2D eigenvalue weighted by atomic mass is 9.89. The maximum Gasteiger partial charge on any atom is 0.266 e. The molecule has 174 valence electrons. The Bertz CT molecular complexity index is 1270. The average molecular weight is 459 g/mol. The van der Waals surface area contributed by atoms with Crippen LogP contribution in [0.4, 0.5) is 11.4 Å². The van der Waals surface area contributed by atoms with Crippen molar-refractivity contribution >= 4 is 23.2 Å². The first-order chi connectivity index (χ1) is 16.4. The summed E-state index contributed by atoms with van der Waals surface area (Å²) < 4.78 is 11.0. The van der Waals surface area contributed by atoms with Gasteiger partial charge in [-0.2, -0.15) is 0 Å². The molecule has 2 amide bonds. The first-order valence-electron chi connectivity index (χ1n) is 11.1. The van der Waals surface area contributed by atoms with Gasteiger partial charge in [0, 0.05) is 11.6 Å². The maximum atomic E-state index is 13.8. The number of benzene rings is 3. The molecule has 2 saturated heterocycles. The molecule has 3 aromatic carbocycles. The Morgan fingerprint density at radius 1 is 0.853 bits per heavy atom. The van der Waals surface area contributed by atoms with Gasteiger partial charge >= 0.3 is 0 Å². The molecule has 34 heavy (non-hydrogen) atoms. The van der Waals surface area contributed by atoms with Gasteiger partial charge in [0.25, 0.3) is 5.91 Å². The fourth-order valence-electron chi connectivity index (χ4n) is 4.83. The molecule has 2 aliphatic rings. The maximum absolute atomic E-state index is 13.8. The van der Waals surface area contributed by atoms with Gasteiger partial charge in [0.15, 0.2) is 6.10 Å². The van der Waals surface area contributed by atoms with E-state index in [0.29, 0.717) is 17.2 Å². The zero-order valence-electron chi connectivity index (χ0n) is 19.5. The number of ether oxygens (including phenoxy) is 2. The second-order valence-electron chi connectivity index (χ2n) is 8.57. The van der Waals surface area contributed by atoms with Crippen LogP contribution in [0, 0.1) is 19.8 Å². The lowest BCUT2D eigenvalue weighted by molar-refractivity contribution is -0.126. The van der Waals surface area contributed by atoms with Crippen molar-refractivity contribution in [1.29, 1.82) is 0 Å². The molecule has 0 N–H and O–H groups in total. The molecule has 0 aliphatic carbocycles. The third-order valence-corrected chi connectivity index (χ3v) is 6.49. The smallest absolute Gasteiger partial charge is 0.266 e. The molecule has 7 nitrogen and oxygen atoms in total. The highest BCUT2D eigenvalue weighted by molar-refractivity contribution is 6.24. The van der Waals surface area contributed by atoms with Crippen molar-refractivity contribution < 1.29 is 23.9 Å². The van der Waals surface area contributed by atoms with Crippen molar-refractivity contribution in [3.8, 4) is 11.5 Å². The number of fused-ring (bicyclic) bond motifs is 1. The van der Waals surface area contributed by atoms with E-state index in [4.69, 9.17) is 14.3 Å². The minimum Gasteiger partial charge on any atom is -0.497 e. The fourth-order valence-corrected chi connectivity index (χ4v) is 4.83. The predicted octanol–water partition coefficient (Wildman–Crippen LogP) is 4.37. The summed E-state index contributed by atoms with van der Waals surface area (Å²) in [5.41, 5.74) is 4.02. The van der Waals surface area contributed by atoms with Gasteiger partial charge in [-0.1, -0.05) is 30.3 Å². The molecule has 0 saturated carbocycles. The topological polar surface area (TPSA) is 68.3 Å². The number of hydrogen-bond donors (Lipinski definition) is 0. The standard InChI is InChI=1S/C27H26N2O5/c1-16-8-7-10-18(14-16)28-26(30)23-24(20-13-12-19(32-3)15-22(20)33-4)29(34-25(23)27(28)31)21-11-6-5-9-17(21)2/h5-15,23-25H,1-4H3/t23-,24+,25+/m0/s1. The lowest BCUT2D eigenvalue weighted by Crippen LogP contribution is -2.37. The van der Waals surface area contributed by atoms with Crippen LogP contribution in [0.25, 0.3) is 0 Å². The van der Waals surface area contributed by atoms with E-state index in [2.05, 4.69) is 0 Å². The summed E-state index contributed by atoms with van der Waals surface area (Å²) >= 11 is 0. The number of rotatable bonds is 5. The van der Waals surface area contributed by atoms with Crippen LogP contribution < -0.4 is 19.4 Å². The number of anilines is 2. The van der Waals surface area contributed by atoms with Gasteiger partial charge in [-0.15, -0.1) is 0 Å². The number of carbonyl (C=O) groups excluding carboxylic acids is 2. The average Bonchev–Trinajstić information content (AvgIpc) is 3.34. The Labute approximate surface area is 198 Å². The molecule has 0 aromatic heterocycles. The Hall–Kier alpha value is -3.84. The zero-order valence-corrected chi connectivity index (χ0v) is 19.5. The minimum atomic E-state index is -0.940. The summed E-state index contributed by atoms with van der Waals surface area (Å²) in [6.45, 7) is 3.90. The van der Waals surface area contributed by atoms with Gasteiger partial charge in [-0.25, -0.2) is 9.96 Å². The molecule has 5 rings (SSSR count). The number of methoxy groups -OCH3 is 2. The van der Waals surface area contributed by atoms with E-state index < -0.39 is 18.1 Å². The number of amides is 2. The van der Waals surface area contributed by atoms with E-state index in [1.54, 1.807) is 31.4 Å². The summed E-state index contributed by atoms with van der Waals surface area (Å²) in [6, 6.07) is 20.0. The molecular formula is C27H26N2O5. The molecule has 7 heteroatoms. The number of hydroxylamine groups is 1. The van der Waals surface area contributed by atoms with Crippen LogP contribution >= 0.6 is 0 Å². The molecule has 2 fully saturated rings. The SMILES string of the molecule is COc1ccc([C@@H]2[C@@H]3C(=O)N(c4cccc(C)c4)C(=O)[C@@H]3ON2c2ccccc2C)c(OC)c1. The second-order valence-corrected chi connectivity index (χ2v) is 8.57. The van der Waals surface area contributed by atoms with E-state index in [-0.39, 0.29) is 11.8 Å². The van der Waals surface area contributed by atoms with Crippen molar-refractivity contribution in [1.82, 2.24) is 0 Å². The lowest BCUT2D eigenvalue weighted by Gasteiger charge is -2.30. The highest BCUT2D eigenvalue weighted by Crippen LogP contribution is 2.50.